The van der Waals surface area contributed by atoms with Gasteiger partial charge in [0.25, 0.3) is 0 Å². The smallest absolute Gasteiger partial charge is 0.142 e. The number of methoxy groups -OCH3 is 1. The molecule has 0 bridgehead atoms. The lowest BCUT2D eigenvalue weighted by molar-refractivity contribution is 0.415. The summed E-state index contributed by atoms with van der Waals surface area (Å²) >= 11 is 0. The average molecular weight is 376 g/mol. The molecule has 1 aromatic heterocycles. The van der Waals surface area contributed by atoms with Gasteiger partial charge in [-0.25, -0.2) is 0 Å². The minimum Gasteiger partial charge on any atom is -0.497 e. The summed E-state index contributed by atoms with van der Waals surface area (Å²) in [4.78, 5) is 0. The third-order valence-corrected chi connectivity index (χ3v) is 5.18. The van der Waals surface area contributed by atoms with Crippen molar-refractivity contribution >= 4 is 11.0 Å². The first-order chi connectivity index (χ1) is 14.3. The molecule has 0 atom stereocenters. The SMILES string of the molecule is COc1ccc(-c2cc(-c3ccccc3)cc3cc(-c4ccccc4)oc23)cc1. The van der Waals surface area contributed by atoms with Crippen molar-refractivity contribution in [2.45, 2.75) is 0 Å². The lowest BCUT2D eigenvalue weighted by atomic mass is 9.96. The summed E-state index contributed by atoms with van der Waals surface area (Å²) in [5, 5.41) is 1.09. The lowest BCUT2D eigenvalue weighted by Crippen LogP contribution is -1.85. The highest BCUT2D eigenvalue weighted by Gasteiger charge is 2.14. The van der Waals surface area contributed by atoms with E-state index in [1.165, 1.54) is 11.1 Å². The van der Waals surface area contributed by atoms with Crippen molar-refractivity contribution in [3.63, 3.8) is 0 Å². The van der Waals surface area contributed by atoms with Gasteiger partial charge in [0, 0.05) is 16.5 Å². The van der Waals surface area contributed by atoms with Gasteiger partial charge in [0.05, 0.1) is 7.11 Å². The van der Waals surface area contributed by atoms with Crippen molar-refractivity contribution in [3.05, 3.63) is 103 Å². The van der Waals surface area contributed by atoms with Gasteiger partial charge in [-0.3, -0.25) is 0 Å². The number of hydrogen-bond donors (Lipinski definition) is 0. The molecule has 29 heavy (non-hydrogen) atoms. The van der Waals surface area contributed by atoms with Crippen LogP contribution < -0.4 is 4.74 Å². The van der Waals surface area contributed by atoms with Crippen molar-refractivity contribution in [1.82, 2.24) is 0 Å². The number of fused-ring (bicyclic) bond motifs is 1. The molecule has 5 aromatic rings. The third kappa shape index (κ3) is 3.30. The van der Waals surface area contributed by atoms with Crippen LogP contribution in [0.25, 0.3) is 44.5 Å². The minimum atomic E-state index is 0.841. The largest absolute Gasteiger partial charge is 0.497 e. The summed E-state index contributed by atoms with van der Waals surface area (Å²) in [6.07, 6.45) is 0. The Morgan fingerprint density at radius 2 is 1.24 bits per heavy atom. The van der Waals surface area contributed by atoms with E-state index in [0.29, 0.717) is 0 Å². The van der Waals surface area contributed by atoms with E-state index >= 15 is 0 Å². The van der Waals surface area contributed by atoms with E-state index in [1.807, 2.05) is 36.4 Å². The zero-order valence-electron chi connectivity index (χ0n) is 16.1. The molecule has 2 heteroatoms. The van der Waals surface area contributed by atoms with Crippen LogP contribution in [0.1, 0.15) is 0 Å². The normalized spacial score (nSPS) is 10.9. The van der Waals surface area contributed by atoms with Crippen LogP contribution in [0.3, 0.4) is 0 Å². The van der Waals surface area contributed by atoms with Crippen molar-refractivity contribution in [2.75, 3.05) is 7.11 Å². The Kier molecular flexibility index (Phi) is 4.38. The quantitative estimate of drug-likeness (QED) is 0.325. The van der Waals surface area contributed by atoms with Crippen LogP contribution in [-0.2, 0) is 0 Å². The molecule has 0 saturated carbocycles. The van der Waals surface area contributed by atoms with Crippen LogP contribution in [0.5, 0.6) is 5.75 Å². The topological polar surface area (TPSA) is 22.4 Å². The Morgan fingerprint density at radius 1 is 0.586 bits per heavy atom. The molecule has 0 aliphatic heterocycles. The van der Waals surface area contributed by atoms with E-state index < -0.39 is 0 Å². The molecule has 0 aliphatic rings. The first kappa shape index (κ1) is 17.3. The first-order valence-corrected chi connectivity index (χ1v) is 9.65. The van der Waals surface area contributed by atoms with Gasteiger partial charge in [-0.2, -0.15) is 0 Å². The Morgan fingerprint density at radius 3 is 1.90 bits per heavy atom. The summed E-state index contributed by atoms with van der Waals surface area (Å²) < 4.78 is 11.7. The maximum absolute atomic E-state index is 6.36. The molecule has 140 valence electrons. The minimum absolute atomic E-state index is 0.841. The van der Waals surface area contributed by atoms with E-state index in [4.69, 9.17) is 9.15 Å². The van der Waals surface area contributed by atoms with Crippen molar-refractivity contribution in [2.24, 2.45) is 0 Å². The van der Waals surface area contributed by atoms with Crippen LogP contribution in [0.15, 0.2) is 108 Å². The number of hydrogen-bond acceptors (Lipinski definition) is 2. The fourth-order valence-corrected chi connectivity index (χ4v) is 3.68. The second kappa shape index (κ2) is 7.33. The maximum Gasteiger partial charge on any atom is 0.142 e. The highest BCUT2D eigenvalue weighted by molar-refractivity contribution is 5.98. The van der Waals surface area contributed by atoms with Crippen LogP contribution in [0.4, 0.5) is 0 Å². The van der Waals surface area contributed by atoms with Gasteiger partial charge in [-0.15, -0.1) is 0 Å². The van der Waals surface area contributed by atoms with Gasteiger partial charge in [-0.05, 0) is 47.0 Å². The monoisotopic (exact) mass is 376 g/mol. The Balaban J connectivity index is 1.74. The second-order valence-electron chi connectivity index (χ2n) is 7.01. The molecule has 0 N–H and O–H groups in total. The summed E-state index contributed by atoms with van der Waals surface area (Å²) in [6, 6.07) is 35.3. The second-order valence-corrected chi connectivity index (χ2v) is 7.01. The molecule has 2 nitrogen and oxygen atoms in total. The molecule has 0 aliphatic carbocycles. The maximum atomic E-state index is 6.36. The van der Waals surface area contributed by atoms with Gasteiger partial charge in [0.1, 0.15) is 17.1 Å². The summed E-state index contributed by atoms with van der Waals surface area (Å²) in [5.74, 6) is 1.72. The van der Waals surface area contributed by atoms with Crippen molar-refractivity contribution in [3.8, 4) is 39.3 Å². The number of furan rings is 1. The first-order valence-electron chi connectivity index (χ1n) is 9.65. The summed E-state index contributed by atoms with van der Waals surface area (Å²) in [7, 11) is 1.68. The standard InChI is InChI=1S/C27H20O2/c1-28-24-14-12-20(13-15-24)25-17-22(19-8-4-2-5-9-19)16-23-18-26(29-27(23)25)21-10-6-3-7-11-21/h2-18H,1H3. The van der Waals surface area contributed by atoms with E-state index in [-0.39, 0.29) is 0 Å². The molecule has 5 rings (SSSR count). The van der Waals surface area contributed by atoms with Crippen LogP contribution >= 0.6 is 0 Å². The number of rotatable bonds is 4. The van der Waals surface area contributed by atoms with E-state index in [9.17, 15) is 0 Å². The number of benzene rings is 4. The van der Waals surface area contributed by atoms with Crippen LogP contribution in [0.2, 0.25) is 0 Å². The average Bonchev–Trinajstić information content (AvgIpc) is 3.24. The molecule has 1 heterocycles. The highest BCUT2D eigenvalue weighted by atomic mass is 16.5. The summed E-state index contributed by atoms with van der Waals surface area (Å²) in [6.45, 7) is 0. The number of ether oxygens (including phenoxy) is 1. The fourth-order valence-electron chi connectivity index (χ4n) is 3.68. The molecule has 4 aromatic carbocycles. The molecular weight excluding hydrogens is 356 g/mol. The van der Waals surface area contributed by atoms with E-state index in [1.54, 1.807) is 7.11 Å². The van der Waals surface area contributed by atoms with Gasteiger partial charge in [0.2, 0.25) is 0 Å². The van der Waals surface area contributed by atoms with Crippen LogP contribution in [-0.4, -0.2) is 7.11 Å². The summed E-state index contributed by atoms with van der Waals surface area (Å²) in [5.41, 5.74) is 6.50. The third-order valence-electron chi connectivity index (χ3n) is 5.18. The molecule has 0 fully saturated rings. The van der Waals surface area contributed by atoms with Gasteiger partial charge >= 0.3 is 0 Å². The molecule has 0 spiro atoms. The Labute approximate surface area is 170 Å². The van der Waals surface area contributed by atoms with E-state index in [0.717, 1.165) is 39.2 Å². The van der Waals surface area contributed by atoms with Crippen molar-refractivity contribution in [1.29, 1.82) is 0 Å². The lowest BCUT2D eigenvalue weighted by Gasteiger charge is -2.08. The fraction of sp³-hybridized carbons (Fsp3) is 0.0370. The molecule has 0 radical (unpaired) electrons. The van der Waals surface area contributed by atoms with Gasteiger partial charge in [-0.1, -0.05) is 72.8 Å². The molecular formula is C27H20O2. The molecule has 0 saturated heterocycles. The van der Waals surface area contributed by atoms with Gasteiger partial charge < -0.3 is 9.15 Å². The molecule has 0 unspecified atom stereocenters. The van der Waals surface area contributed by atoms with Crippen molar-refractivity contribution < 1.29 is 9.15 Å². The predicted molar refractivity (Wildman–Crippen MR) is 119 cm³/mol. The zero-order valence-corrected chi connectivity index (χ0v) is 16.1. The molecule has 0 amide bonds. The highest BCUT2D eigenvalue weighted by Crippen LogP contribution is 2.38. The van der Waals surface area contributed by atoms with E-state index in [2.05, 4.69) is 66.7 Å². The van der Waals surface area contributed by atoms with Crippen LogP contribution in [0, 0.1) is 0 Å². The zero-order chi connectivity index (χ0) is 19.6. The Hall–Kier alpha value is -3.78. The predicted octanol–water partition coefficient (Wildman–Crippen LogP) is 7.44. The van der Waals surface area contributed by atoms with Gasteiger partial charge in [0.15, 0.2) is 0 Å². The Bertz CT molecular complexity index is 1250.